The highest BCUT2D eigenvalue weighted by molar-refractivity contribution is 7.93. The number of carbonyl (C=O) groups is 1. The molecule has 2 rings (SSSR count). The van der Waals surface area contributed by atoms with Crippen LogP contribution in [0.2, 0.25) is 0 Å². The summed E-state index contributed by atoms with van der Waals surface area (Å²) < 4.78 is 98.2. The van der Waals surface area contributed by atoms with Gasteiger partial charge in [-0.05, 0) is 55.0 Å². The first-order chi connectivity index (χ1) is 13.2. The highest BCUT2D eigenvalue weighted by atomic mass is 32.3. The van der Waals surface area contributed by atoms with E-state index in [0.717, 1.165) is 30.3 Å². The third-order valence-corrected chi connectivity index (χ3v) is 4.84. The van der Waals surface area contributed by atoms with E-state index < -0.39 is 31.9 Å². The van der Waals surface area contributed by atoms with Crippen molar-refractivity contribution in [2.75, 3.05) is 10.0 Å². The molecule has 2 aromatic rings. The Morgan fingerprint density at radius 3 is 2.07 bits per heavy atom. The van der Waals surface area contributed by atoms with E-state index in [-0.39, 0.29) is 28.3 Å². The minimum atomic E-state index is -5.60. The molecule has 0 radical (unpaired) electrons. The third-order valence-electron chi connectivity index (χ3n) is 3.35. The monoisotopic (exact) mass is 456 g/mol. The van der Waals surface area contributed by atoms with Gasteiger partial charge < -0.3 is 9.50 Å². The molecule has 29 heavy (non-hydrogen) atoms. The molecule has 8 nitrogen and oxygen atoms in total. The molecule has 0 aliphatic carbocycles. The minimum absolute atomic E-state index is 0.00381. The van der Waals surface area contributed by atoms with E-state index in [4.69, 9.17) is 0 Å². The number of benzene rings is 2. The molecule has 0 aliphatic heterocycles. The summed E-state index contributed by atoms with van der Waals surface area (Å²) in [5, 5.41) is 2.41. The topological polar surface area (TPSA) is 119 Å². The Morgan fingerprint density at radius 1 is 1.00 bits per heavy atom. The SMILES string of the molecule is Cc1cc(C(=O)Nc2ccc(OS(=O)(=O)F)cc2)ccc1NS(=O)(=O)C(F)(F)F. The fourth-order valence-corrected chi connectivity index (χ4v) is 3.01. The largest absolute Gasteiger partial charge is 0.516 e. The average Bonchev–Trinajstić information content (AvgIpc) is 2.56. The van der Waals surface area contributed by atoms with E-state index >= 15 is 0 Å². The summed E-state index contributed by atoms with van der Waals surface area (Å²) in [5.41, 5.74) is -5.61. The van der Waals surface area contributed by atoms with E-state index in [1.807, 2.05) is 0 Å². The Balaban J connectivity index is 2.13. The third kappa shape index (κ3) is 6.05. The highest BCUT2D eigenvalue weighted by Gasteiger charge is 2.46. The van der Waals surface area contributed by atoms with Gasteiger partial charge in [0.2, 0.25) is 0 Å². The zero-order chi connectivity index (χ0) is 22.0. The molecule has 0 aliphatic rings. The van der Waals surface area contributed by atoms with Crippen LogP contribution in [0.15, 0.2) is 42.5 Å². The molecule has 0 heterocycles. The first-order valence-electron chi connectivity index (χ1n) is 7.43. The van der Waals surface area contributed by atoms with Crippen LogP contribution in [0.3, 0.4) is 0 Å². The van der Waals surface area contributed by atoms with Gasteiger partial charge in [0, 0.05) is 11.3 Å². The number of hydrogen-bond donors (Lipinski definition) is 2. The van der Waals surface area contributed by atoms with Crippen LogP contribution in [0, 0.1) is 6.92 Å². The van der Waals surface area contributed by atoms with Crippen LogP contribution >= 0.6 is 0 Å². The number of alkyl halides is 3. The second-order valence-electron chi connectivity index (χ2n) is 5.54. The number of nitrogens with one attached hydrogen (secondary N) is 2. The van der Waals surface area contributed by atoms with E-state index in [9.17, 15) is 38.7 Å². The molecule has 0 fully saturated rings. The molecular formula is C15H12F4N2O6S2. The average molecular weight is 456 g/mol. The standard InChI is InChI=1S/C15H12F4N2O6S2/c1-9-8-10(2-7-13(9)21-28(23,24)15(16,17)18)14(22)20-11-3-5-12(6-4-11)27-29(19,25)26/h2-8,21H,1H3,(H,20,22). The second-order valence-corrected chi connectivity index (χ2v) is 8.16. The van der Waals surface area contributed by atoms with Gasteiger partial charge in [-0.3, -0.25) is 9.52 Å². The van der Waals surface area contributed by atoms with Crippen LogP contribution < -0.4 is 14.2 Å². The van der Waals surface area contributed by atoms with E-state index in [1.165, 1.54) is 23.8 Å². The first-order valence-corrected chi connectivity index (χ1v) is 10.2. The Morgan fingerprint density at radius 2 is 1.59 bits per heavy atom. The molecule has 0 saturated carbocycles. The summed E-state index contributed by atoms with van der Waals surface area (Å²) in [6.07, 6.45) is 0. The van der Waals surface area contributed by atoms with Crippen LogP contribution in [0.4, 0.5) is 28.4 Å². The van der Waals surface area contributed by atoms with E-state index in [2.05, 4.69) is 9.50 Å². The van der Waals surface area contributed by atoms with Crippen molar-refractivity contribution >= 4 is 37.8 Å². The lowest BCUT2D eigenvalue weighted by atomic mass is 10.1. The quantitative estimate of drug-likeness (QED) is 0.509. The van der Waals surface area contributed by atoms with Gasteiger partial charge in [-0.2, -0.15) is 30.0 Å². The number of halogens is 4. The highest BCUT2D eigenvalue weighted by Crippen LogP contribution is 2.27. The first kappa shape index (κ1) is 22.4. The van der Waals surface area contributed by atoms with Crippen LogP contribution in [0.5, 0.6) is 5.75 Å². The van der Waals surface area contributed by atoms with Crippen molar-refractivity contribution in [1.29, 1.82) is 0 Å². The summed E-state index contributed by atoms with van der Waals surface area (Å²) in [6, 6.07) is 7.85. The smallest absolute Gasteiger partial charge is 0.358 e. The van der Waals surface area contributed by atoms with Crippen molar-refractivity contribution in [3.05, 3.63) is 53.6 Å². The predicted molar refractivity (Wildman–Crippen MR) is 94.8 cm³/mol. The van der Waals surface area contributed by atoms with Crippen LogP contribution in [0.25, 0.3) is 0 Å². The molecule has 0 saturated heterocycles. The van der Waals surface area contributed by atoms with Gasteiger partial charge >= 0.3 is 26.0 Å². The zero-order valence-corrected chi connectivity index (χ0v) is 16.0. The van der Waals surface area contributed by atoms with Gasteiger partial charge in [0.25, 0.3) is 5.91 Å². The van der Waals surface area contributed by atoms with Gasteiger partial charge in [0.15, 0.2) is 0 Å². The summed E-state index contributed by atoms with van der Waals surface area (Å²) in [7, 11) is -10.8. The van der Waals surface area contributed by atoms with Gasteiger partial charge in [-0.15, -0.1) is 0 Å². The fraction of sp³-hybridized carbons (Fsp3) is 0.133. The molecule has 0 atom stereocenters. The molecule has 2 aromatic carbocycles. The minimum Gasteiger partial charge on any atom is -0.358 e. The Kier molecular flexibility index (Phi) is 6.08. The summed E-state index contributed by atoms with van der Waals surface area (Å²) in [5.74, 6) is -1.02. The lowest BCUT2D eigenvalue weighted by Crippen LogP contribution is -2.30. The maximum atomic E-state index is 12.4. The molecule has 14 heteroatoms. The maximum Gasteiger partial charge on any atom is 0.516 e. The van der Waals surface area contributed by atoms with E-state index in [1.54, 1.807) is 0 Å². The van der Waals surface area contributed by atoms with Crippen molar-refractivity contribution in [2.24, 2.45) is 0 Å². The van der Waals surface area contributed by atoms with Crippen LogP contribution in [-0.4, -0.2) is 28.3 Å². The molecule has 158 valence electrons. The van der Waals surface area contributed by atoms with Gasteiger partial charge in [-0.25, -0.2) is 0 Å². The van der Waals surface area contributed by atoms with Crippen LogP contribution in [-0.2, 0) is 20.5 Å². The molecule has 0 unspecified atom stereocenters. The van der Waals surface area contributed by atoms with Crippen molar-refractivity contribution in [3.8, 4) is 5.75 Å². The number of sulfonamides is 1. The molecule has 1 amide bonds. The molecule has 0 bridgehead atoms. The van der Waals surface area contributed by atoms with Gasteiger partial charge in [0.05, 0.1) is 5.69 Å². The fourth-order valence-electron chi connectivity index (χ4n) is 2.03. The number of rotatable bonds is 6. The lowest BCUT2D eigenvalue weighted by molar-refractivity contribution is -0.0429. The zero-order valence-electron chi connectivity index (χ0n) is 14.3. The molecular weight excluding hydrogens is 444 g/mol. The molecule has 0 aromatic heterocycles. The second kappa shape index (κ2) is 7.87. The van der Waals surface area contributed by atoms with Crippen molar-refractivity contribution in [2.45, 2.75) is 12.4 Å². The Bertz CT molecular complexity index is 1130. The number of aryl methyl sites for hydroxylation is 1. The normalized spacial score (nSPS) is 12.3. The van der Waals surface area contributed by atoms with E-state index in [0.29, 0.717) is 0 Å². The Hall–Kier alpha value is -2.87. The number of anilines is 2. The lowest BCUT2D eigenvalue weighted by Gasteiger charge is -2.13. The predicted octanol–water partition coefficient (Wildman–Crippen LogP) is 3.10. The maximum absolute atomic E-state index is 12.4. The molecule has 2 N–H and O–H groups in total. The van der Waals surface area contributed by atoms with Crippen molar-refractivity contribution < 1.29 is 42.9 Å². The van der Waals surface area contributed by atoms with Crippen molar-refractivity contribution in [3.63, 3.8) is 0 Å². The summed E-state index contributed by atoms with van der Waals surface area (Å²) in [4.78, 5) is 12.2. The molecule has 0 spiro atoms. The number of carbonyl (C=O) groups excluding carboxylic acids is 1. The Labute approximate surface area is 163 Å². The van der Waals surface area contributed by atoms with Gasteiger partial charge in [-0.1, -0.05) is 3.89 Å². The number of amides is 1. The van der Waals surface area contributed by atoms with Gasteiger partial charge in [0.1, 0.15) is 5.75 Å². The summed E-state index contributed by atoms with van der Waals surface area (Å²) in [6.45, 7) is 1.30. The number of hydrogen-bond acceptors (Lipinski definition) is 6. The van der Waals surface area contributed by atoms with Crippen LogP contribution in [0.1, 0.15) is 15.9 Å². The summed E-state index contributed by atoms with van der Waals surface area (Å²) >= 11 is 0. The van der Waals surface area contributed by atoms with Crippen molar-refractivity contribution in [1.82, 2.24) is 0 Å².